The maximum atomic E-state index is 12.1. The second kappa shape index (κ2) is 8.60. The fourth-order valence-electron chi connectivity index (χ4n) is 1.51. The summed E-state index contributed by atoms with van der Waals surface area (Å²) in [7, 11) is 3.30. The Hall–Kier alpha value is -1.54. The lowest BCUT2D eigenvalue weighted by molar-refractivity contribution is 0.0744. The summed E-state index contributed by atoms with van der Waals surface area (Å²) in [6.45, 7) is 1.02. The number of halogens is 1. The summed E-state index contributed by atoms with van der Waals surface area (Å²) in [5.74, 6) is 5.54. The first-order valence-corrected chi connectivity index (χ1v) is 6.61. The van der Waals surface area contributed by atoms with Gasteiger partial charge in [0, 0.05) is 38.2 Å². The molecule has 0 bridgehead atoms. The minimum absolute atomic E-state index is 0.0193. The second-order valence-electron chi connectivity index (χ2n) is 4.19. The van der Waals surface area contributed by atoms with Crippen molar-refractivity contribution in [2.75, 3.05) is 33.9 Å². The third-order valence-electron chi connectivity index (χ3n) is 2.65. The summed E-state index contributed by atoms with van der Waals surface area (Å²) < 4.78 is 4.94. The standard InChI is InChI=1S/C15H18ClNO3/c1-17(8-10-20-2)15(19)13-7-6-12(14(16)11-13)5-3-4-9-18/h6-7,11,18H,4,8-10H2,1-2H3. The zero-order valence-electron chi connectivity index (χ0n) is 11.6. The van der Waals surface area contributed by atoms with Crippen LogP contribution in [-0.4, -0.2) is 49.8 Å². The number of nitrogens with zero attached hydrogens (tertiary/aromatic N) is 1. The van der Waals surface area contributed by atoms with E-state index in [2.05, 4.69) is 11.8 Å². The van der Waals surface area contributed by atoms with E-state index < -0.39 is 0 Å². The fraction of sp³-hybridized carbons (Fsp3) is 0.400. The largest absolute Gasteiger partial charge is 0.395 e. The molecule has 0 unspecified atom stereocenters. The maximum Gasteiger partial charge on any atom is 0.253 e. The van der Waals surface area contributed by atoms with E-state index in [-0.39, 0.29) is 12.5 Å². The van der Waals surface area contributed by atoms with E-state index >= 15 is 0 Å². The molecule has 1 rings (SSSR count). The minimum Gasteiger partial charge on any atom is -0.395 e. The molecule has 0 radical (unpaired) electrons. The zero-order valence-corrected chi connectivity index (χ0v) is 12.4. The molecule has 0 fully saturated rings. The molecule has 1 amide bonds. The number of methoxy groups -OCH3 is 1. The number of benzene rings is 1. The Bertz CT molecular complexity index is 520. The van der Waals surface area contributed by atoms with Crippen LogP contribution < -0.4 is 0 Å². The van der Waals surface area contributed by atoms with Crippen molar-refractivity contribution in [3.63, 3.8) is 0 Å². The lowest BCUT2D eigenvalue weighted by Gasteiger charge is -2.16. The van der Waals surface area contributed by atoms with E-state index in [0.29, 0.717) is 35.7 Å². The van der Waals surface area contributed by atoms with Gasteiger partial charge in [-0.05, 0) is 18.2 Å². The van der Waals surface area contributed by atoms with E-state index in [0.717, 1.165) is 0 Å². The molecule has 0 aliphatic carbocycles. The molecule has 0 aliphatic rings. The highest BCUT2D eigenvalue weighted by Crippen LogP contribution is 2.18. The Kier molecular flexibility index (Phi) is 7.10. The van der Waals surface area contributed by atoms with Crippen LogP contribution in [0.1, 0.15) is 22.3 Å². The Labute approximate surface area is 124 Å². The molecule has 0 atom stereocenters. The van der Waals surface area contributed by atoms with Gasteiger partial charge < -0.3 is 14.7 Å². The summed E-state index contributed by atoms with van der Waals surface area (Å²) in [6.07, 6.45) is 0.400. The van der Waals surface area contributed by atoms with Crippen molar-refractivity contribution in [3.05, 3.63) is 34.3 Å². The first kappa shape index (κ1) is 16.5. The first-order valence-electron chi connectivity index (χ1n) is 6.23. The molecule has 0 saturated heterocycles. The van der Waals surface area contributed by atoms with Crippen molar-refractivity contribution in [2.24, 2.45) is 0 Å². The lowest BCUT2D eigenvalue weighted by atomic mass is 10.1. The van der Waals surface area contributed by atoms with Crippen molar-refractivity contribution in [1.82, 2.24) is 4.90 Å². The van der Waals surface area contributed by atoms with E-state index in [1.807, 2.05) is 0 Å². The molecule has 1 N–H and O–H groups in total. The number of aliphatic hydroxyl groups excluding tert-OH is 1. The van der Waals surface area contributed by atoms with Crippen molar-refractivity contribution >= 4 is 17.5 Å². The van der Waals surface area contributed by atoms with Gasteiger partial charge in [0.1, 0.15) is 0 Å². The topological polar surface area (TPSA) is 49.8 Å². The molecule has 1 aromatic carbocycles. The Morgan fingerprint density at radius 2 is 2.25 bits per heavy atom. The van der Waals surface area contributed by atoms with E-state index in [4.69, 9.17) is 21.4 Å². The van der Waals surface area contributed by atoms with Crippen LogP contribution in [-0.2, 0) is 4.74 Å². The van der Waals surface area contributed by atoms with Crippen LogP contribution in [0.2, 0.25) is 5.02 Å². The highest BCUT2D eigenvalue weighted by molar-refractivity contribution is 6.32. The van der Waals surface area contributed by atoms with Crippen molar-refractivity contribution < 1.29 is 14.6 Å². The number of ether oxygens (including phenoxy) is 1. The summed E-state index contributed by atoms with van der Waals surface area (Å²) >= 11 is 6.10. The van der Waals surface area contributed by atoms with Crippen molar-refractivity contribution in [2.45, 2.75) is 6.42 Å². The van der Waals surface area contributed by atoms with E-state index in [9.17, 15) is 4.79 Å². The molecular weight excluding hydrogens is 278 g/mol. The van der Waals surface area contributed by atoms with E-state index in [1.54, 1.807) is 37.3 Å². The third kappa shape index (κ3) is 4.86. The normalized spacial score (nSPS) is 9.80. The van der Waals surface area contributed by atoms with Gasteiger partial charge >= 0.3 is 0 Å². The lowest BCUT2D eigenvalue weighted by Crippen LogP contribution is -2.29. The number of likely N-dealkylation sites (N-methyl/N-ethyl adjacent to an activating group) is 1. The Morgan fingerprint density at radius 1 is 1.50 bits per heavy atom. The van der Waals surface area contributed by atoms with Crippen LogP contribution in [0, 0.1) is 11.8 Å². The van der Waals surface area contributed by atoms with Gasteiger partial charge in [0.2, 0.25) is 0 Å². The van der Waals surface area contributed by atoms with Crippen LogP contribution in [0.5, 0.6) is 0 Å². The van der Waals surface area contributed by atoms with Crippen molar-refractivity contribution in [1.29, 1.82) is 0 Å². The van der Waals surface area contributed by atoms with Gasteiger partial charge in [-0.3, -0.25) is 4.79 Å². The SMILES string of the molecule is COCCN(C)C(=O)c1ccc(C#CCCO)c(Cl)c1. The van der Waals surface area contributed by atoms with Gasteiger partial charge in [-0.15, -0.1) is 0 Å². The summed E-state index contributed by atoms with van der Waals surface area (Å²) in [5, 5.41) is 9.10. The third-order valence-corrected chi connectivity index (χ3v) is 2.97. The summed E-state index contributed by atoms with van der Waals surface area (Å²) in [4.78, 5) is 13.7. The highest BCUT2D eigenvalue weighted by Gasteiger charge is 2.12. The molecule has 0 aliphatic heterocycles. The number of aliphatic hydroxyl groups is 1. The second-order valence-corrected chi connectivity index (χ2v) is 4.60. The quantitative estimate of drug-likeness (QED) is 0.843. The molecular formula is C15H18ClNO3. The first-order chi connectivity index (χ1) is 9.60. The Balaban J connectivity index is 2.81. The van der Waals surface area contributed by atoms with Gasteiger partial charge in [-0.2, -0.15) is 0 Å². The number of hydrogen-bond acceptors (Lipinski definition) is 3. The predicted octanol–water partition coefficient (Wildman–Crippen LogP) is 1.79. The molecule has 0 aromatic heterocycles. The molecule has 108 valence electrons. The molecule has 1 aromatic rings. The van der Waals surface area contributed by atoms with Crippen LogP contribution in [0.3, 0.4) is 0 Å². The predicted molar refractivity (Wildman–Crippen MR) is 78.9 cm³/mol. The van der Waals surface area contributed by atoms with Gasteiger partial charge in [-0.1, -0.05) is 23.4 Å². The average Bonchev–Trinajstić information content (AvgIpc) is 2.45. The van der Waals surface area contributed by atoms with Gasteiger partial charge in [-0.25, -0.2) is 0 Å². The molecule has 0 spiro atoms. The number of carbonyl (C=O) groups is 1. The number of carbonyl (C=O) groups excluding carboxylic acids is 1. The van der Waals surface area contributed by atoms with Crippen molar-refractivity contribution in [3.8, 4) is 11.8 Å². The molecule has 20 heavy (non-hydrogen) atoms. The summed E-state index contributed by atoms with van der Waals surface area (Å²) in [5.41, 5.74) is 1.16. The zero-order chi connectivity index (χ0) is 15.0. The van der Waals surface area contributed by atoms with Crippen LogP contribution in [0.4, 0.5) is 0 Å². The molecule has 5 heteroatoms. The fourth-order valence-corrected chi connectivity index (χ4v) is 1.74. The number of amides is 1. The van der Waals surface area contributed by atoms with Crippen LogP contribution >= 0.6 is 11.6 Å². The maximum absolute atomic E-state index is 12.1. The van der Waals surface area contributed by atoms with Gasteiger partial charge in [0.05, 0.1) is 18.2 Å². The Morgan fingerprint density at radius 3 is 2.85 bits per heavy atom. The monoisotopic (exact) mass is 295 g/mol. The molecule has 4 nitrogen and oxygen atoms in total. The van der Waals surface area contributed by atoms with E-state index in [1.165, 1.54) is 0 Å². The average molecular weight is 296 g/mol. The van der Waals surface area contributed by atoms with Gasteiger partial charge in [0.15, 0.2) is 0 Å². The van der Waals surface area contributed by atoms with Crippen LogP contribution in [0.25, 0.3) is 0 Å². The molecule has 0 heterocycles. The number of hydrogen-bond donors (Lipinski definition) is 1. The van der Waals surface area contributed by atoms with Crippen LogP contribution in [0.15, 0.2) is 18.2 Å². The summed E-state index contributed by atoms with van der Waals surface area (Å²) in [6, 6.07) is 5.01. The minimum atomic E-state index is -0.112. The highest BCUT2D eigenvalue weighted by atomic mass is 35.5. The number of rotatable bonds is 5. The van der Waals surface area contributed by atoms with Gasteiger partial charge in [0.25, 0.3) is 5.91 Å². The smallest absolute Gasteiger partial charge is 0.253 e. The molecule has 0 saturated carbocycles.